The third-order valence-corrected chi connectivity index (χ3v) is 3.32. The fraction of sp³-hybridized carbons (Fsp3) is 0.286. The lowest BCUT2D eigenvalue weighted by molar-refractivity contribution is 0.283. The summed E-state index contributed by atoms with van der Waals surface area (Å²) in [7, 11) is 0. The molecular formula is C14H16N4O. The third kappa shape index (κ3) is 2.30. The summed E-state index contributed by atoms with van der Waals surface area (Å²) in [6.07, 6.45) is 7.12. The number of aromatic nitrogens is 2. The van der Waals surface area contributed by atoms with E-state index in [1.807, 2.05) is 12.1 Å². The Morgan fingerprint density at radius 3 is 3.05 bits per heavy atom. The van der Waals surface area contributed by atoms with Crippen molar-refractivity contribution in [1.82, 2.24) is 15.4 Å². The topological polar surface area (TPSA) is 73.1 Å². The van der Waals surface area contributed by atoms with Crippen LogP contribution in [0.25, 0.3) is 0 Å². The summed E-state index contributed by atoms with van der Waals surface area (Å²) >= 11 is 0. The molecule has 1 aromatic carbocycles. The van der Waals surface area contributed by atoms with Crippen molar-refractivity contribution < 1.29 is 4.74 Å². The summed E-state index contributed by atoms with van der Waals surface area (Å²) in [4.78, 5) is 8.41. The van der Waals surface area contributed by atoms with E-state index in [9.17, 15) is 0 Å². The molecular weight excluding hydrogens is 240 g/mol. The van der Waals surface area contributed by atoms with Crippen LogP contribution >= 0.6 is 0 Å². The molecule has 1 aliphatic rings. The van der Waals surface area contributed by atoms with Crippen molar-refractivity contribution in [1.29, 1.82) is 0 Å². The predicted molar refractivity (Wildman–Crippen MR) is 71.5 cm³/mol. The van der Waals surface area contributed by atoms with E-state index >= 15 is 0 Å². The van der Waals surface area contributed by atoms with Crippen molar-refractivity contribution >= 4 is 0 Å². The first kappa shape index (κ1) is 12.1. The minimum atomic E-state index is -0.207. The second-order valence-electron chi connectivity index (χ2n) is 4.52. The average Bonchev–Trinajstić information content (AvgIpc) is 2.49. The molecule has 0 saturated carbocycles. The van der Waals surface area contributed by atoms with Crippen molar-refractivity contribution in [3.05, 3.63) is 53.6 Å². The van der Waals surface area contributed by atoms with Crippen LogP contribution in [0.3, 0.4) is 0 Å². The van der Waals surface area contributed by atoms with Crippen molar-refractivity contribution in [3.8, 4) is 5.75 Å². The Morgan fingerprint density at radius 1 is 1.32 bits per heavy atom. The van der Waals surface area contributed by atoms with Gasteiger partial charge in [-0.05, 0) is 18.4 Å². The zero-order chi connectivity index (χ0) is 13.1. The number of rotatable bonds is 3. The molecule has 0 aliphatic carbocycles. The summed E-state index contributed by atoms with van der Waals surface area (Å²) < 4.78 is 5.82. The Kier molecular flexibility index (Phi) is 3.39. The Bertz CT molecular complexity index is 559. The number of nitrogens with zero attached hydrogens (tertiary/aromatic N) is 2. The van der Waals surface area contributed by atoms with Crippen molar-refractivity contribution in [2.45, 2.75) is 18.9 Å². The summed E-state index contributed by atoms with van der Waals surface area (Å²) in [5, 5.41) is 0. The monoisotopic (exact) mass is 256 g/mol. The fourth-order valence-corrected chi connectivity index (χ4v) is 2.44. The van der Waals surface area contributed by atoms with Crippen molar-refractivity contribution in [2.24, 2.45) is 5.84 Å². The average molecular weight is 256 g/mol. The van der Waals surface area contributed by atoms with Gasteiger partial charge in [-0.15, -0.1) is 0 Å². The van der Waals surface area contributed by atoms with Crippen LogP contribution in [0.2, 0.25) is 0 Å². The van der Waals surface area contributed by atoms with E-state index in [1.54, 1.807) is 18.6 Å². The van der Waals surface area contributed by atoms with E-state index in [2.05, 4.69) is 21.5 Å². The maximum Gasteiger partial charge on any atom is 0.127 e. The van der Waals surface area contributed by atoms with Gasteiger partial charge in [0.2, 0.25) is 0 Å². The number of fused-ring (bicyclic) bond motifs is 1. The normalized spacial score (nSPS) is 15.4. The first-order chi connectivity index (χ1) is 9.40. The number of para-hydroxylation sites is 1. The predicted octanol–water partition coefficient (Wildman–Crippen LogP) is 1.35. The van der Waals surface area contributed by atoms with E-state index in [-0.39, 0.29) is 6.04 Å². The highest BCUT2D eigenvalue weighted by atomic mass is 16.5. The highest BCUT2D eigenvalue weighted by molar-refractivity contribution is 5.46. The Balaban J connectivity index is 2.05. The number of nitrogens with one attached hydrogen (secondary N) is 1. The Labute approximate surface area is 111 Å². The van der Waals surface area contributed by atoms with Crippen molar-refractivity contribution in [2.75, 3.05) is 6.61 Å². The van der Waals surface area contributed by atoms with Gasteiger partial charge in [0.1, 0.15) is 5.75 Å². The molecule has 1 unspecified atom stereocenters. The van der Waals surface area contributed by atoms with Crippen LogP contribution in [0.4, 0.5) is 0 Å². The van der Waals surface area contributed by atoms with Crippen LogP contribution in [-0.2, 0) is 6.42 Å². The van der Waals surface area contributed by atoms with E-state index < -0.39 is 0 Å². The number of hydrogen-bond acceptors (Lipinski definition) is 5. The maximum atomic E-state index is 5.82. The zero-order valence-electron chi connectivity index (χ0n) is 10.5. The second-order valence-corrected chi connectivity index (χ2v) is 4.52. The SMILES string of the molecule is NNC(c1cnccn1)c1cccc2c1OCCC2. The van der Waals surface area contributed by atoms with Gasteiger partial charge in [0, 0.05) is 18.0 Å². The molecule has 3 rings (SSSR count). The van der Waals surface area contributed by atoms with Crippen LogP contribution < -0.4 is 16.0 Å². The Hall–Kier alpha value is -1.98. The summed E-state index contributed by atoms with van der Waals surface area (Å²) in [5.41, 5.74) is 5.83. The lowest BCUT2D eigenvalue weighted by Crippen LogP contribution is -2.30. The molecule has 0 saturated heterocycles. The largest absolute Gasteiger partial charge is 0.493 e. The van der Waals surface area contributed by atoms with Crippen LogP contribution in [-0.4, -0.2) is 16.6 Å². The smallest absolute Gasteiger partial charge is 0.127 e. The minimum absolute atomic E-state index is 0.207. The van der Waals surface area contributed by atoms with E-state index in [0.29, 0.717) is 0 Å². The number of benzene rings is 1. The molecule has 5 nitrogen and oxygen atoms in total. The van der Waals surface area contributed by atoms with Crippen LogP contribution in [0.1, 0.15) is 29.3 Å². The molecule has 19 heavy (non-hydrogen) atoms. The first-order valence-electron chi connectivity index (χ1n) is 6.37. The molecule has 5 heteroatoms. The molecule has 0 radical (unpaired) electrons. The molecule has 2 aromatic rings. The van der Waals surface area contributed by atoms with E-state index in [0.717, 1.165) is 36.5 Å². The highest BCUT2D eigenvalue weighted by Gasteiger charge is 2.22. The van der Waals surface area contributed by atoms with Crippen LogP contribution in [0, 0.1) is 0 Å². The minimum Gasteiger partial charge on any atom is -0.493 e. The van der Waals surface area contributed by atoms with Gasteiger partial charge in [-0.2, -0.15) is 0 Å². The molecule has 98 valence electrons. The number of nitrogens with two attached hydrogens (primary N) is 1. The number of ether oxygens (including phenoxy) is 1. The molecule has 1 aromatic heterocycles. The van der Waals surface area contributed by atoms with Gasteiger partial charge in [0.15, 0.2) is 0 Å². The van der Waals surface area contributed by atoms with Gasteiger partial charge in [0.25, 0.3) is 0 Å². The molecule has 1 aliphatic heterocycles. The molecule has 0 bridgehead atoms. The highest BCUT2D eigenvalue weighted by Crippen LogP contribution is 2.34. The van der Waals surface area contributed by atoms with Gasteiger partial charge < -0.3 is 4.74 Å². The van der Waals surface area contributed by atoms with Gasteiger partial charge in [0.05, 0.1) is 24.5 Å². The number of hydrazine groups is 1. The third-order valence-electron chi connectivity index (χ3n) is 3.32. The Morgan fingerprint density at radius 2 is 2.26 bits per heavy atom. The quantitative estimate of drug-likeness (QED) is 0.640. The molecule has 1 atom stereocenters. The summed E-state index contributed by atoms with van der Waals surface area (Å²) in [5.74, 6) is 6.63. The van der Waals surface area contributed by atoms with Gasteiger partial charge in [-0.25, -0.2) is 5.43 Å². The standard InChI is InChI=1S/C14H16N4O/c15-18-13(12-9-16-6-7-17-12)11-5-1-3-10-4-2-8-19-14(10)11/h1,3,5-7,9,13,18H,2,4,8,15H2. The summed E-state index contributed by atoms with van der Waals surface area (Å²) in [6, 6.07) is 5.94. The van der Waals surface area contributed by atoms with E-state index in [1.165, 1.54) is 5.56 Å². The summed E-state index contributed by atoms with van der Waals surface area (Å²) in [6.45, 7) is 0.752. The lowest BCUT2D eigenvalue weighted by atomic mass is 9.97. The first-order valence-corrected chi connectivity index (χ1v) is 6.37. The fourth-order valence-electron chi connectivity index (χ4n) is 2.44. The van der Waals surface area contributed by atoms with Crippen molar-refractivity contribution in [3.63, 3.8) is 0 Å². The number of aryl methyl sites for hydroxylation is 1. The van der Waals surface area contributed by atoms with E-state index in [4.69, 9.17) is 10.6 Å². The molecule has 2 heterocycles. The van der Waals surface area contributed by atoms with Gasteiger partial charge in [-0.3, -0.25) is 15.8 Å². The number of hydrogen-bond donors (Lipinski definition) is 2. The molecule has 0 spiro atoms. The molecule has 0 amide bonds. The molecule has 0 fully saturated rings. The van der Waals surface area contributed by atoms with Crippen LogP contribution in [0.15, 0.2) is 36.8 Å². The molecule has 3 N–H and O–H groups in total. The zero-order valence-corrected chi connectivity index (χ0v) is 10.5. The van der Waals surface area contributed by atoms with Crippen LogP contribution in [0.5, 0.6) is 5.75 Å². The maximum absolute atomic E-state index is 5.82. The lowest BCUT2D eigenvalue weighted by Gasteiger charge is -2.24. The van der Waals surface area contributed by atoms with Gasteiger partial charge >= 0.3 is 0 Å². The van der Waals surface area contributed by atoms with Gasteiger partial charge in [-0.1, -0.05) is 18.2 Å². The second kappa shape index (κ2) is 5.34.